The number of rotatable bonds is 5. The average Bonchev–Trinajstić information content (AvgIpc) is 3.04. The number of nitrogens with one attached hydrogen (secondary N) is 2. The van der Waals surface area contributed by atoms with E-state index in [1.54, 1.807) is 38.1 Å². The SMILES string of the molecule is CC(C)[C@H](NC(=O)Nc1ccccc1Cl)C(=O)N1CCC[C@H]1C(=O)O. The molecular formula is C17H22ClN3O4. The molecule has 7 nitrogen and oxygen atoms in total. The van der Waals surface area contributed by atoms with Crippen LogP contribution in [0.15, 0.2) is 24.3 Å². The zero-order valence-electron chi connectivity index (χ0n) is 14.2. The van der Waals surface area contributed by atoms with Gasteiger partial charge in [0.05, 0.1) is 10.7 Å². The predicted octanol–water partition coefficient (Wildman–Crippen LogP) is 2.56. The van der Waals surface area contributed by atoms with Crippen molar-refractivity contribution in [3.63, 3.8) is 0 Å². The van der Waals surface area contributed by atoms with E-state index in [0.717, 1.165) is 0 Å². The Morgan fingerprint density at radius 3 is 2.56 bits per heavy atom. The first-order chi connectivity index (χ1) is 11.8. The number of carbonyl (C=O) groups excluding carboxylic acids is 2. The van der Waals surface area contributed by atoms with Gasteiger partial charge in [-0.3, -0.25) is 4.79 Å². The molecule has 1 heterocycles. The lowest BCUT2D eigenvalue weighted by atomic mass is 10.0. The second kappa shape index (κ2) is 8.20. The highest BCUT2D eigenvalue weighted by Crippen LogP contribution is 2.22. The molecule has 1 aliphatic heterocycles. The van der Waals surface area contributed by atoms with E-state index in [1.165, 1.54) is 4.90 Å². The molecule has 25 heavy (non-hydrogen) atoms. The molecule has 2 rings (SSSR count). The quantitative estimate of drug-likeness (QED) is 0.744. The topological polar surface area (TPSA) is 98.7 Å². The standard InChI is InChI=1S/C17H22ClN3O4/c1-10(2)14(15(22)21-9-5-8-13(21)16(23)24)20-17(25)19-12-7-4-3-6-11(12)18/h3-4,6-7,10,13-14H,5,8-9H2,1-2H3,(H,23,24)(H2,19,20,25)/t13-,14-/m0/s1. The molecule has 3 N–H and O–H groups in total. The van der Waals surface area contributed by atoms with Crippen molar-refractivity contribution in [2.75, 3.05) is 11.9 Å². The van der Waals surface area contributed by atoms with Crippen LogP contribution < -0.4 is 10.6 Å². The number of carbonyl (C=O) groups is 3. The number of carboxylic acids is 1. The third-order valence-electron chi connectivity index (χ3n) is 4.16. The van der Waals surface area contributed by atoms with Gasteiger partial charge in [-0.1, -0.05) is 37.6 Å². The fourth-order valence-corrected chi connectivity index (χ4v) is 3.02. The number of anilines is 1. The number of carboxylic acid groups (broad SMARTS) is 1. The molecule has 8 heteroatoms. The Labute approximate surface area is 151 Å². The molecule has 1 aliphatic rings. The van der Waals surface area contributed by atoms with Gasteiger partial charge in [0.15, 0.2) is 0 Å². The number of para-hydroxylation sites is 1. The van der Waals surface area contributed by atoms with E-state index in [-0.39, 0.29) is 11.8 Å². The number of aliphatic carboxylic acids is 1. The van der Waals surface area contributed by atoms with Crippen molar-refractivity contribution in [1.29, 1.82) is 0 Å². The predicted molar refractivity (Wildman–Crippen MR) is 94.6 cm³/mol. The van der Waals surface area contributed by atoms with Crippen molar-refractivity contribution in [3.8, 4) is 0 Å². The van der Waals surface area contributed by atoms with E-state index in [2.05, 4.69) is 10.6 Å². The van der Waals surface area contributed by atoms with Crippen LogP contribution in [0.5, 0.6) is 0 Å². The van der Waals surface area contributed by atoms with E-state index in [0.29, 0.717) is 30.1 Å². The van der Waals surface area contributed by atoms with Gasteiger partial charge in [-0.05, 0) is 30.9 Å². The van der Waals surface area contributed by atoms with Crippen LogP contribution in [0.1, 0.15) is 26.7 Å². The molecule has 136 valence electrons. The summed E-state index contributed by atoms with van der Waals surface area (Å²) in [5.74, 6) is -1.59. The van der Waals surface area contributed by atoms with Crippen molar-refractivity contribution in [2.24, 2.45) is 5.92 Å². The summed E-state index contributed by atoms with van der Waals surface area (Å²) in [6.07, 6.45) is 1.07. The lowest BCUT2D eigenvalue weighted by Crippen LogP contribution is -2.54. The smallest absolute Gasteiger partial charge is 0.326 e. The summed E-state index contributed by atoms with van der Waals surface area (Å²) in [7, 11) is 0. The van der Waals surface area contributed by atoms with Crippen LogP contribution in [0.25, 0.3) is 0 Å². The fourth-order valence-electron chi connectivity index (χ4n) is 2.84. The van der Waals surface area contributed by atoms with E-state index in [1.807, 2.05) is 0 Å². The number of hydrogen-bond acceptors (Lipinski definition) is 3. The third-order valence-corrected chi connectivity index (χ3v) is 4.49. The zero-order chi connectivity index (χ0) is 18.6. The first kappa shape index (κ1) is 19.1. The monoisotopic (exact) mass is 367 g/mol. The maximum Gasteiger partial charge on any atom is 0.326 e. The van der Waals surface area contributed by atoms with Gasteiger partial charge in [0.1, 0.15) is 12.1 Å². The third kappa shape index (κ3) is 4.63. The number of hydrogen-bond donors (Lipinski definition) is 3. The molecule has 1 fully saturated rings. The molecule has 0 aromatic heterocycles. The maximum absolute atomic E-state index is 12.8. The molecule has 0 bridgehead atoms. The minimum atomic E-state index is -1.02. The Morgan fingerprint density at radius 2 is 1.96 bits per heavy atom. The molecular weight excluding hydrogens is 346 g/mol. The highest BCUT2D eigenvalue weighted by atomic mass is 35.5. The molecule has 1 saturated heterocycles. The molecule has 0 saturated carbocycles. The van der Waals surface area contributed by atoms with Crippen molar-refractivity contribution in [3.05, 3.63) is 29.3 Å². The van der Waals surface area contributed by atoms with Crippen molar-refractivity contribution in [2.45, 2.75) is 38.8 Å². The van der Waals surface area contributed by atoms with Gasteiger partial charge in [-0.2, -0.15) is 0 Å². The second-order valence-corrected chi connectivity index (χ2v) is 6.74. The van der Waals surface area contributed by atoms with Gasteiger partial charge >= 0.3 is 12.0 Å². The number of amides is 3. The van der Waals surface area contributed by atoms with Crippen LogP contribution >= 0.6 is 11.6 Å². The lowest BCUT2D eigenvalue weighted by molar-refractivity contribution is -0.149. The molecule has 3 amide bonds. The van der Waals surface area contributed by atoms with Crippen LogP contribution in [0.2, 0.25) is 5.02 Å². The van der Waals surface area contributed by atoms with Crippen LogP contribution in [0.4, 0.5) is 10.5 Å². The average molecular weight is 368 g/mol. The summed E-state index contributed by atoms with van der Waals surface area (Å²) >= 11 is 6.00. The molecule has 0 unspecified atom stereocenters. The van der Waals surface area contributed by atoms with Gasteiger partial charge in [-0.15, -0.1) is 0 Å². The Bertz CT molecular complexity index is 665. The normalized spacial score (nSPS) is 18.1. The molecule has 1 aromatic carbocycles. The molecule has 0 radical (unpaired) electrons. The zero-order valence-corrected chi connectivity index (χ0v) is 14.9. The highest BCUT2D eigenvalue weighted by molar-refractivity contribution is 6.33. The second-order valence-electron chi connectivity index (χ2n) is 6.33. The summed E-state index contributed by atoms with van der Waals surface area (Å²) < 4.78 is 0. The summed E-state index contributed by atoms with van der Waals surface area (Å²) in [5.41, 5.74) is 0.432. The summed E-state index contributed by atoms with van der Waals surface area (Å²) in [4.78, 5) is 37.6. The largest absolute Gasteiger partial charge is 0.480 e. The molecule has 1 aromatic rings. The van der Waals surface area contributed by atoms with Crippen LogP contribution in [0, 0.1) is 5.92 Å². The van der Waals surface area contributed by atoms with Crippen molar-refractivity contribution < 1.29 is 19.5 Å². The minimum Gasteiger partial charge on any atom is -0.480 e. The Balaban J connectivity index is 2.07. The van der Waals surface area contributed by atoms with Gasteiger partial charge in [-0.25, -0.2) is 9.59 Å². The minimum absolute atomic E-state index is 0.195. The number of urea groups is 1. The Hall–Kier alpha value is -2.28. The summed E-state index contributed by atoms with van der Waals surface area (Å²) in [6.45, 7) is 3.97. The van der Waals surface area contributed by atoms with Gasteiger partial charge in [0.2, 0.25) is 5.91 Å². The first-order valence-corrected chi connectivity index (χ1v) is 8.54. The van der Waals surface area contributed by atoms with E-state index in [4.69, 9.17) is 11.6 Å². The number of nitrogens with zero attached hydrogens (tertiary/aromatic N) is 1. The lowest BCUT2D eigenvalue weighted by Gasteiger charge is -2.29. The number of halogens is 1. The summed E-state index contributed by atoms with van der Waals surface area (Å²) in [6, 6.07) is 4.55. The van der Waals surface area contributed by atoms with E-state index < -0.39 is 24.1 Å². The van der Waals surface area contributed by atoms with Crippen LogP contribution in [0.3, 0.4) is 0 Å². The van der Waals surface area contributed by atoms with E-state index >= 15 is 0 Å². The molecule has 0 aliphatic carbocycles. The Kier molecular flexibility index (Phi) is 6.25. The van der Waals surface area contributed by atoms with Crippen LogP contribution in [-0.2, 0) is 9.59 Å². The van der Waals surface area contributed by atoms with Gasteiger partial charge < -0.3 is 20.6 Å². The van der Waals surface area contributed by atoms with E-state index in [9.17, 15) is 19.5 Å². The first-order valence-electron chi connectivity index (χ1n) is 8.16. The van der Waals surface area contributed by atoms with Crippen molar-refractivity contribution in [1.82, 2.24) is 10.2 Å². The maximum atomic E-state index is 12.8. The summed E-state index contributed by atoms with van der Waals surface area (Å²) in [5, 5.41) is 14.9. The molecule has 0 spiro atoms. The van der Waals surface area contributed by atoms with Crippen LogP contribution in [-0.4, -0.2) is 46.5 Å². The van der Waals surface area contributed by atoms with Gasteiger partial charge in [0, 0.05) is 6.54 Å². The highest BCUT2D eigenvalue weighted by Gasteiger charge is 2.38. The van der Waals surface area contributed by atoms with Crippen molar-refractivity contribution >= 4 is 35.2 Å². The molecule has 2 atom stereocenters. The Morgan fingerprint density at radius 1 is 1.28 bits per heavy atom. The number of benzene rings is 1. The number of likely N-dealkylation sites (tertiary alicyclic amines) is 1. The van der Waals surface area contributed by atoms with Gasteiger partial charge in [0.25, 0.3) is 0 Å². The fraction of sp³-hybridized carbons (Fsp3) is 0.471.